The molecule has 0 saturated heterocycles. The van der Waals surface area contributed by atoms with Gasteiger partial charge in [0, 0.05) is 0 Å². The van der Waals surface area contributed by atoms with Gasteiger partial charge in [-0.15, -0.1) is 0 Å². The van der Waals surface area contributed by atoms with E-state index in [0.717, 1.165) is 19.5 Å². The molecule has 0 heterocycles. The Kier molecular flexibility index (Phi) is 5.06. The Morgan fingerprint density at radius 2 is 1.23 bits per heavy atom. The molecular weight excluding hydrogens is 219 g/mol. The van der Waals surface area contributed by atoms with E-state index in [1.54, 1.807) is 0 Å². The van der Waals surface area contributed by atoms with Crippen LogP contribution in [-0.2, 0) is 0 Å². The third-order valence-corrected chi connectivity index (χ3v) is 18.8. The fourth-order valence-corrected chi connectivity index (χ4v) is 14.3. The molecule has 76 valence electrons. The van der Waals surface area contributed by atoms with Crippen LogP contribution in [0.2, 0.25) is 19.5 Å². The van der Waals surface area contributed by atoms with E-state index in [0.29, 0.717) is 0 Å². The van der Waals surface area contributed by atoms with Crippen molar-refractivity contribution in [2.24, 2.45) is 0 Å². The summed E-state index contributed by atoms with van der Waals surface area (Å²) in [6.45, 7) is 13.9. The summed E-state index contributed by atoms with van der Waals surface area (Å²) in [5.41, 5.74) is 0. The molecule has 0 atom stereocenters. The van der Waals surface area contributed by atoms with Crippen LogP contribution >= 0.6 is 0 Å². The van der Waals surface area contributed by atoms with Crippen molar-refractivity contribution >= 4 is 13.3 Å². The minimum atomic E-state index is -1.94. The van der Waals surface area contributed by atoms with E-state index in [1.165, 1.54) is 0 Å². The molecule has 2 heteroatoms. The molecule has 0 aliphatic carbocycles. The van der Waals surface area contributed by atoms with Gasteiger partial charge in [-0.2, -0.15) is 0 Å². The SMILES string of the molecule is C[CH](C)[Ge]([CH2]C#N)([CH](C)C)[CH](C)C. The van der Waals surface area contributed by atoms with Gasteiger partial charge in [0.25, 0.3) is 0 Å². The van der Waals surface area contributed by atoms with E-state index in [9.17, 15) is 0 Å². The molecule has 0 aromatic rings. The van der Waals surface area contributed by atoms with E-state index >= 15 is 0 Å². The van der Waals surface area contributed by atoms with Crippen molar-refractivity contribution in [3.05, 3.63) is 0 Å². The van der Waals surface area contributed by atoms with Crippen molar-refractivity contribution in [3.8, 4) is 6.07 Å². The van der Waals surface area contributed by atoms with Gasteiger partial charge in [0.05, 0.1) is 0 Å². The molecule has 1 nitrogen and oxygen atoms in total. The van der Waals surface area contributed by atoms with Gasteiger partial charge < -0.3 is 0 Å². The summed E-state index contributed by atoms with van der Waals surface area (Å²) in [7, 11) is 0. The van der Waals surface area contributed by atoms with Crippen LogP contribution in [0.1, 0.15) is 41.5 Å². The first-order chi connectivity index (χ1) is 5.89. The first-order valence-corrected chi connectivity index (χ1v) is 10.4. The van der Waals surface area contributed by atoms with E-state index in [4.69, 9.17) is 5.26 Å². The Labute approximate surface area is 85.9 Å². The number of nitrogens with zero attached hydrogens (tertiary/aromatic N) is 1. The zero-order valence-electron chi connectivity index (χ0n) is 9.89. The van der Waals surface area contributed by atoms with Crippen LogP contribution in [0.4, 0.5) is 0 Å². The molecule has 0 aliphatic heterocycles. The molecule has 0 unspecified atom stereocenters. The average Bonchev–Trinajstić information content (AvgIpc) is 1.97. The fraction of sp³-hybridized carbons (Fsp3) is 0.909. The normalized spacial score (nSPS) is 12.6. The molecule has 0 N–H and O–H groups in total. The van der Waals surface area contributed by atoms with E-state index < -0.39 is 13.3 Å². The first-order valence-electron chi connectivity index (χ1n) is 5.26. The standard InChI is InChI=1S/C11H23GeN/c1-9(2)12(7-8-13,10(3)4)11(5)6/h9-11H,7H2,1-6H3. The summed E-state index contributed by atoms with van der Waals surface area (Å²) in [4.78, 5) is 0. The van der Waals surface area contributed by atoms with Gasteiger partial charge in [-0.3, -0.25) is 0 Å². The Balaban J connectivity index is 4.96. The predicted molar refractivity (Wildman–Crippen MR) is 61.5 cm³/mol. The average molecular weight is 242 g/mol. The van der Waals surface area contributed by atoms with Gasteiger partial charge in [0.15, 0.2) is 0 Å². The molecule has 13 heavy (non-hydrogen) atoms. The number of rotatable bonds is 4. The minimum absolute atomic E-state index is 0.764. The number of hydrogen-bond acceptors (Lipinski definition) is 1. The van der Waals surface area contributed by atoms with Gasteiger partial charge >= 0.3 is 85.6 Å². The van der Waals surface area contributed by atoms with Crippen LogP contribution in [0.5, 0.6) is 0 Å². The zero-order valence-corrected chi connectivity index (χ0v) is 12.0. The number of hydrogen-bond donors (Lipinski definition) is 0. The maximum atomic E-state index is 8.95. The second kappa shape index (κ2) is 5.05. The molecule has 0 radical (unpaired) electrons. The Hall–Kier alpha value is 0.0329. The van der Waals surface area contributed by atoms with Crippen molar-refractivity contribution in [1.29, 1.82) is 5.26 Å². The summed E-state index contributed by atoms with van der Waals surface area (Å²) in [5.74, 6) is 0. The third kappa shape index (κ3) is 2.50. The van der Waals surface area contributed by atoms with E-state index in [1.807, 2.05) is 0 Å². The summed E-state index contributed by atoms with van der Waals surface area (Å²) in [6.07, 6.45) is 0. The Bertz CT molecular complexity index is 167. The fourth-order valence-electron chi connectivity index (χ4n) is 2.75. The molecule has 0 aromatic carbocycles. The topological polar surface area (TPSA) is 23.8 Å². The second-order valence-corrected chi connectivity index (χ2v) is 17.6. The van der Waals surface area contributed by atoms with Crippen molar-refractivity contribution in [2.45, 2.75) is 61.0 Å². The summed E-state index contributed by atoms with van der Waals surface area (Å²) >= 11 is -1.94. The van der Waals surface area contributed by atoms with Gasteiger partial charge in [0.1, 0.15) is 0 Å². The molecule has 0 saturated carbocycles. The van der Waals surface area contributed by atoms with Crippen molar-refractivity contribution in [3.63, 3.8) is 0 Å². The number of nitriles is 1. The van der Waals surface area contributed by atoms with Crippen LogP contribution in [0, 0.1) is 11.3 Å². The van der Waals surface area contributed by atoms with Gasteiger partial charge in [-0.25, -0.2) is 0 Å². The maximum absolute atomic E-state index is 8.95. The van der Waals surface area contributed by atoms with E-state index in [-0.39, 0.29) is 0 Å². The van der Waals surface area contributed by atoms with Crippen molar-refractivity contribution in [2.75, 3.05) is 0 Å². The van der Waals surface area contributed by atoms with Crippen LogP contribution in [-0.4, -0.2) is 13.3 Å². The first kappa shape index (κ1) is 13.0. The van der Waals surface area contributed by atoms with Crippen molar-refractivity contribution in [1.82, 2.24) is 0 Å². The summed E-state index contributed by atoms with van der Waals surface area (Å²) < 4.78 is 2.29. The molecule has 0 fully saturated rings. The van der Waals surface area contributed by atoms with Gasteiger partial charge in [0.2, 0.25) is 0 Å². The second-order valence-electron chi connectivity index (χ2n) is 4.91. The monoisotopic (exact) mass is 243 g/mol. The van der Waals surface area contributed by atoms with Gasteiger partial charge in [-0.1, -0.05) is 0 Å². The molecule has 0 aromatic heterocycles. The Morgan fingerprint density at radius 1 is 0.923 bits per heavy atom. The third-order valence-electron chi connectivity index (χ3n) is 3.61. The molecule has 0 rings (SSSR count). The molecule has 0 spiro atoms. The predicted octanol–water partition coefficient (Wildman–Crippen LogP) is 4.19. The van der Waals surface area contributed by atoms with Gasteiger partial charge in [-0.05, 0) is 0 Å². The van der Waals surface area contributed by atoms with Crippen molar-refractivity contribution < 1.29 is 0 Å². The summed E-state index contributed by atoms with van der Waals surface area (Å²) in [5, 5.41) is 9.81. The summed E-state index contributed by atoms with van der Waals surface area (Å²) in [6, 6.07) is 2.44. The quantitative estimate of drug-likeness (QED) is 0.678. The molecule has 0 bridgehead atoms. The molecule has 0 aliphatic rings. The van der Waals surface area contributed by atoms with Crippen LogP contribution in [0.15, 0.2) is 0 Å². The molecular formula is C11H23GeN. The van der Waals surface area contributed by atoms with Crippen LogP contribution in [0.3, 0.4) is 0 Å². The Morgan fingerprint density at radius 3 is 1.31 bits per heavy atom. The van der Waals surface area contributed by atoms with Crippen LogP contribution in [0.25, 0.3) is 0 Å². The van der Waals surface area contributed by atoms with Crippen LogP contribution < -0.4 is 0 Å². The zero-order chi connectivity index (χ0) is 10.6. The van der Waals surface area contributed by atoms with E-state index in [2.05, 4.69) is 47.6 Å². The molecule has 0 amide bonds.